The monoisotopic (exact) mass is 400 g/mol. The molecule has 0 heterocycles. The minimum atomic E-state index is -3.55. The van der Waals surface area contributed by atoms with Crippen molar-refractivity contribution in [3.63, 3.8) is 0 Å². The Kier molecular flexibility index (Phi) is 9.61. The third-order valence-corrected chi connectivity index (χ3v) is 5.04. The molecule has 0 radical (unpaired) electrons. The first-order chi connectivity index (χ1) is 12.0. The molecule has 2 rings (SSSR count). The quantitative estimate of drug-likeness (QED) is 0.563. The molecule has 144 valence electrons. The predicted molar refractivity (Wildman–Crippen MR) is 104 cm³/mol. The van der Waals surface area contributed by atoms with Crippen molar-refractivity contribution in [2.45, 2.75) is 17.4 Å². The molecule has 1 atom stereocenters. The maximum absolute atomic E-state index is 12.3. The Bertz CT molecular complexity index is 740. The fourth-order valence-electron chi connectivity index (χ4n) is 2.26. The lowest BCUT2D eigenvalue weighted by Crippen LogP contribution is -2.29. The lowest BCUT2D eigenvalue weighted by atomic mass is 10.2. The summed E-state index contributed by atoms with van der Waals surface area (Å²) in [6.45, 7) is 0.904. The summed E-state index contributed by atoms with van der Waals surface area (Å²) in [6, 6.07) is 15.8. The molecule has 0 fully saturated rings. The third kappa shape index (κ3) is 7.31. The standard InChI is InChI=1S/C18H24N2O4S.ClH/c1-19-13-16(21)14-24-17-7-9-18(10-8-17)25(22,23)20-12-11-15-5-3-2-4-6-15;/h2-10,16,19-21H,11-14H2,1H3;1H. The summed E-state index contributed by atoms with van der Waals surface area (Å²) in [5, 5.41) is 12.4. The first-order valence-electron chi connectivity index (χ1n) is 8.10. The summed E-state index contributed by atoms with van der Waals surface area (Å²) in [5.41, 5.74) is 1.08. The van der Waals surface area contributed by atoms with Gasteiger partial charge in [0.05, 0.1) is 4.90 Å². The molecule has 0 saturated heterocycles. The van der Waals surface area contributed by atoms with Crippen molar-refractivity contribution in [2.24, 2.45) is 0 Å². The van der Waals surface area contributed by atoms with Gasteiger partial charge in [-0.2, -0.15) is 0 Å². The van der Waals surface area contributed by atoms with Crippen LogP contribution in [0.3, 0.4) is 0 Å². The molecule has 8 heteroatoms. The molecule has 0 bridgehead atoms. The van der Waals surface area contributed by atoms with Crippen molar-refractivity contribution in [2.75, 3.05) is 26.7 Å². The molecule has 2 aromatic rings. The van der Waals surface area contributed by atoms with Crippen molar-refractivity contribution < 1.29 is 18.3 Å². The van der Waals surface area contributed by atoms with E-state index in [9.17, 15) is 13.5 Å². The molecule has 0 aromatic heterocycles. The minimum absolute atomic E-state index is 0. The van der Waals surface area contributed by atoms with Gasteiger partial charge in [-0.15, -0.1) is 12.4 Å². The van der Waals surface area contributed by atoms with Gasteiger partial charge in [0, 0.05) is 13.1 Å². The Morgan fingerprint density at radius 3 is 2.35 bits per heavy atom. The van der Waals surface area contributed by atoms with Crippen LogP contribution in [0.25, 0.3) is 0 Å². The molecular formula is C18H25ClN2O4S. The molecule has 0 amide bonds. The van der Waals surface area contributed by atoms with Gasteiger partial charge in [0.1, 0.15) is 18.5 Å². The zero-order valence-corrected chi connectivity index (χ0v) is 16.2. The van der Waals surface area contributed by atoms with E-state index in [2.05, 4.69) is 10.0 Å². The molecule has 0 saturated carbocycles. The first-order valence-corrected chi connectivity index (χ1v) is 9.58. The lowest BCUT2D eigenvalue weighted by molar-refractivity contribution is 0.108. The van der Waals surface area contributed by atoms with Crippen LogP contribution in [0.5, 0.6) is 5.75 Å². The Labute approximate surface area is 161 Å². The number of benzene rings is 2. The fourth-order valence-corrected chi connectivity index (χ4v) is 3.29. The normalized spacial score (nSPS) is 12.2. The highest BCUT2D eigenvalue weighted by Gasteiger charge is 2.13. The zero-order valence-electron chi connectivity index (χ0n) is 14.6. The van der Waals surface area contributed by atoms with Crippen molar-refractivity contribution >= 4 is 22.4 Å². The van der Waals surface area contributed by atoms with Gasteiger partial charge >= 0.3 is 0 Å². The predicted octanol–water partition coefficient (Wildman–Crippen LogP) is 1.59. The SMILES string of the molecule is CNCC(O)COc1ccc(S(=O)(=O)NCCc2ccccc2)cc1.Cl. The Morgan fingerprint density at radius 2 is 1.73 bits per heavy atom. The average Bonchev–Trinajstić information content (AvgIpc) is 2.61. The lowest BCUT2D eigenvalue weighted by Gasteiger charge is -2.12. The summed E-state index contributed by atoms with van der Waals surface area (Å²) in [5.74, 6) is 0.512. The van der Waals surface area contributed by atoms with Crippen LogP contribution in [0.2, 0.25) is 0 Å². The van der Waals surface area contributed by atoms with Crippen LogP contribution in [-0.2, 0) is 16.4 Å². The molecule has 0 aliphatic carbocycles. The van der Waals surface area contributed by atoms with E-state index < -0.39 is 16.1 Å². The molecular weight excluding hydrogens is 376 g/mol. The van der Waals surface area contributed by atoms with E-state index in [-0.39, 0.29) is 23.9 Å². The van der Waals surface area contributed by atoms with Crippen molar-refractivity contribution in [1.29, 1.82) is 0 Å². The summed E-state index contributed by atoms with van der Waals surface area (Å²) >= 11 is 0. The largest absolute Gasteiger partial charge is 0.491 e. The number of ether oxygens (including phenoxy) is 1. The number of hydrogen-bond acceptors (Lipinski definition) is 5. The van der Waals surface area contributed by atoms with Gasteiger partial charge in [-0.05, 0) is 43.3 Å². The van der Waals surface area contributed by atoms with Crippen molar-refractivity contribution in [3.05, 3.63) is 60.2 Å². The van der Waals surface area contributed by atoms with Crippen LogP contribution < -0.4 is 14.8 Å². The second kappa shape index (κ2) is 11.2. The van der Waals surface area contributed by atoms with E-state index in [1.807, 2.05) is 30.3 Å². The highest BCUT2D eigenvalue weighted by Crippen LogP contribution is 2.16. The summed E-state index contributed by atoms with van der Waals surface area (Å²) in [6.07, 6.45) is 0.0120. The Morgan fingerprint density at radius 1 is 1.08 bits per heavy atom. The zero-order chi connectivity index (χ0) is 18.1. The van der Waals surface area contributed by atoms with Crippen LogP contribution in [-0.4, -0.2) is 46.4 Å². The Balaban J connectivity index is 0.00000338. The fraction of sp³-hybridized carbons (Fsp3) is 0.333. The molecule has 0 spiro atoms. The summed E-state index contributed by atoms with van der Waals surface area (Å²) in [4.78, 5) is 0.184. The van der Waals surface area contributed by atoms with Crippen LogP contribution in [0.1, 0.15) is 5.56 Å². The molecule has 3 N–H and O–H groups in total. The number of sulfonamides is 1. The molecule has 26 heavy (non-hydrogen) atoms. The molecule has 1 unspecified atom stereocenters. The van der Waals surface area contributed by atoms with Crippen LogP contribution in [0.15, 0.2) is 59.5 Å². The van der Waals surface area contributed by atoms with Crippen LogP contribution in [0.4, 0.5) is 0 Å². The van der Waals surface area contributed by atoms with E-state index >= 15 is 0 Å². The van der Waals surface area contributed by atoms with E-state index in [4.69, 9.17) is 4.74 Å². The van der Waals surface area contributed by atoms with E-state index in [1.54, 1.807) is 19.2 Å². The van der Waals surface area contributed by atoms with Gasteiger partial charge in [0.2, 0.25) is 10.0 Å². The number of hydrogen-bond donors (Lipinski definition) is 3. The number of aliphatic hydroxyl groups excluding tert-OH is 1. The highest BCUT2D eigenvalue weighted by molar-refractivity contribution is 7.89. The van der Waals surface area contributed by atoms with Gasteiger partial charge in [-0.1, -0.05) is 30.3 Å². The number of nitrogens with one attached hydrogen (secondary N) is 2. The second-order valence-electron chi connectivity index (χ2n) is 5.63. The maximum Gasteiger partial charge on any atom is 0.240 e. The van der Waals surface area contributed by atoms with Gasteiger partial charge < -0.3 is 15.2 Å². The van der Waals surface area contributed by atoms with Crippen LogP contribution >= 0.6 is 12.4 Å². The van der Waals surface area contributed by atoms with Gasteiger partial charge in [0.25, 0.3) is 0 Å². The summed E-state index contributed by atoms with van der Waals surface area (Å²) < 4.78 is 32.6. The molecule has 2 aromatic carbocycles. The topological polar surface area (TPSA) is 87.7 Å². The highest BCUT2D eigenvalue weighted by atomic mass is 35.5. The smallest absolute Gasteiger partial charge is 0.240 e. The van der Waals surface area contributed by atoms with Gasteiger partial charge in [0.15, 0.2) is 0 Å². The number of aliphatic hydroxyl groups is 1. The molecule has 6 nitrogen and oxygen atoms in total. The van der Waals surface area contributed by atoms with Crippen molar-refractivity contribution in [3.8, 4) is 5.75 Å². The van der Waals surface area contributed by atoms with E-state index in [0.29, 0.717) is 25.3 Å². The van der Waals surface area contributed by atoms with Crippen molar-refractivity contribution in [1.82, 2.24) is 10.0 Å². The molecule has 0 aliphatic heterocycles. The first kappa shape index (κ1) is 22.4. The number of rotatable bonds is 10. The average molecular weight is 401 g/mol. The van der Waals surface area contributed by atoms with E-state index in [1.165, 1.54) is 12.1 Å². The van der Waals surface area contributed by atoms with E-state index in [0.717, 1.165) is 5.56 Å². The number of halogens is 1. The van der Waals surface area contributed by atoms with Gasteiger partial charge in [-0.25, -0.2) is 13.1 Å². The van der Waals surface area contributed by atoms with Crippen LogP contribution in [0, 0.1) is 0 Å². The van der Waals surface area contributed by atoms with Gasteiger partial charge in [-0.3, -0.25) is 0 Å². The minimum Gasteiger partial charge on any atom is -0.491 e. The Hall–Kier alpha value is -1.64. The third-order valence-electron chi connectivity index (χ3n) is 3.56. The number of likely N-dealkylation sites (N-methyl/N-ethyl adjacent to an activating group) is 1. The maximum atomic E-state index is 12.3. The summed E-state index contributed by atoms with van der Waals surface area (Å²) in [7, 11) is -1.81. The molecule has 0 aliphatic rings. The second-order valence-corrected chi connectivity index (χ2v) is 7.39.